The maximum absolute atomic E-state index is 8.83. The zero-order chi connectivity index (χ0) is 23.6. The van der Waals surface area contributed by atoms with E-state index >= 15 is 0 Å². The molecule has 2 rings (SSSR count). The van der Waals surface area contributed by atoms with Crippen LogP contribution in [0, 0.1) is 0 Å². The number of hydrogen-bond acceptors (Lipinski definition) is 6. The van der Waals surface area contributed by atoms with Gasteiger partial charge < -0.3 is 26.6 Å². The van der Waals surface area contributed by atoms with Gasteiger partial charge in [-0.3, -0.25) is 9.11 Å². The summed E-state index contributed by atoms with van der Waals surface area (Å²) in [4.78, 5) is 0. The minimum atomic E-state index is -4.67. The van der Waals surface area contributed by atoms with Gasteiger partial charge >= 0.3 is 10.4 Å². The van der Waals surface area contributed by atoms with Crippen LogP contribution in [-0.2, 0) is 53.3 Å². The highest BCUT2D eigenvalue weighted by Crippen LogP contribution is 1.92. The van der Waals surface area contributed by atoms with E-state index < -0.39 is 21.8 Å². The van der Waals surface area contributed by atoms with Gasteiger partial charge in [0.15, 0.2) is 0 Å². The van der Waals surface area contributed by atoms with Crippen molar-refractivity contribution < 1.29 is 57.4 Å². The summed E-state index contributed by atoms with van der Waals surface area (Å²) in [7, 11) is -0.578. The van der Waals surface area contributed by atoms with Crippen molar-refractivity contribution in [3.8, 4) is 0 Å². The summed E-state index contributed by atoms with van der Waals surface area (Å²) in [5.41, 5.74) is 0. The van der Waals surface area contributed by atoms with E-state index in [0.717, 1.165) is 13.1 Å². The third kappa shape index (κ3) is 35.7. The fourth-order valence-corrected chi connectivity index (χ4v) is 1.95. The highest BCUT2D eigenvalue weighted by molar-refractivity contribution is 7.79. The summed E-state index contributed by atoms with van der Waals surface area (Å²) in [5.74, 6) is 0. The molecule has 2 aromatic heterocycles. The molecule has 2 heterocycles. The Hall–Kier alpha value is -1.10. The lowest BCUT2D eigenvalue weighted by Gasteiger charge is -2.05. The van der Waals surface area contributed by atoms with Gasteiger partial charge in [-0.25, -0.2) is 22.5 Å². The molecule has 12 nitrogen and oxygen atoms in total. The normalized spacial score (nSPS) is 10.2. The topological polar surface area (TPSA) is 165 Å². The van der Waals surface area contributed by atoms with Crippen molar-refractivity contribution in [3.63, 3.8) is 0 Å². The van der Waals surface area contributed by atoms with Crippen LogP contribution in [0.15, 0.2) is 37.4 Å². The number of unbranched alkanes of at least 4 members (excludes halogenated alkanes) is 2. The molecule has 0 fully saturated rings. The quantitative estimate of drug-likeness (QED) is 0.126. The lowest BCUT2D eigenvalue weighted by molar-refractivity contribution is -0.671. The first-order valence-electron chi connectivity index (χ1n) is 9.04. The smallest absolute Gasteiger partial charge is 0.394 e. The monoisotopic (exact) mass is 559 g/mol. The van der Waals surface area contributed by atoms with Crippen molar-refractivity contribution in [2.75, 3.05) is 0 Å². The zero-order valence-electron chi connectivity index (χ0n) is 18.4. The van der Waals surface area contributed by atoms with E-state index in [1.807, 2.05) is 14.1 Å². The van der Waals surface area contributed by atoms with Gasteiger partial charge in [-0.1, -0.05) is 34.1 Å². The summed E-state index contributed by atoms with van der Waals surface area (Å²) in [6, 6.07) is 0. The molecule has 200 valence electrons. The van der Waals surface area contributed by atoms with Gasteiger partial charge in [-0.15, -0.1) is 12.4 Å². The SMILES string of the molecule is C.CCCCn1cc[n+](C)c1.CCCCn1cc[n+](C)c1.Cl.O=S(=O)(O)O.O=S([O-])O[O-].[Cl-]. The molecule has 0 aromatic carbocycles. The third-order valence-electron chi connectivity index (χ3n) is 3.24. The van der Waals surface area contributed by atoms with E-state index in [0.29, 0.717) is 0 Å². The maximum Gasteiger partial charge on any atom is 0.394 e. The van der Waals surface area contributed by atoms with Gasteiger partial charge in [0.25, 0.3) is 0 Å². The van der Waals surface area contributed by atoms with Crippen LogP contribution in [0.5, 0.6) is 0 Å². The van der Waals surface area contributed by atoms with Crippen molar-refractivity contribution in [2.24, 2.45) is 14.1 Å². The van der Waals surface area contributed by atoms with Gasteiger partial charge in [0.1, 0.15) is 24.8 Å². The fourth-order valence-electron chi connectivity index (χ4n) is 1.95. The Morgan fingerprint density at radius 3 is 1.39 bits per heavy atom. The summed E-state index contributed by atoms with van der Waals surface area (Å²) < 4.78 is 60.2. The fraction of sp³-hybridized carbons (Fsp3) is 0.647. The summed E-state index contributed by atoms with van der Waals surface area (Å²) >= 11 is -2.88. The van der Waals surface area contributed by atoms with Crippen LogP contribution in [0.4, 0.5) is 0 Å². The predicted octanol–water partition coefficient (Wildman–Crippen LogP) is -2.29. The van der Waals surface area contributed by atoms with Gasteiger partial charge in [0, 0.05) is 0 Å². The lowest BCUT2D eigenvalue weighted by atomic mass is 10.3. The molecular weight excluding hydrogens is 523 g/mol. The predicted molar refractivity (Wildman–Crippen MR) is 119 cm³/mol. The summed E-state index contributed by atoms with van der Waals surface area (Å²) in [5, 5.41) is 8.52. The molecule has 0 aliphatic rings. The Morgan fingerprint density at radius 1 is 0.970 bits per heavy atom. The Morgan fingerprint density at radius 2 is 1.24 bits per heavy atom. The first-order valence-corrected chi connectivity index (χ1v) is 11.4. The molecule has 0 spiro atoms. The second-order valence-electron chi connectivity index (χ2n) is 6.06. The number of nitrogens with zero attached hydrogens (tertiary/aromatic N) is 4. The van der Waals surface area contributed by atoms with Crippen molar-refractivity contribution in [3.05, 3.63) is 37.4 Å². The van der Waals surface area contributed by atoms with Crippen molar-refractivity contribution in [1.29, 1.82) is 0 Å². The first kappa shape index (κ1) is 42.1. The summed E-state index contributed by atoms with van der Waals surface area (Å²) in [6.45, 7) is 6.72. The second kappa shape index (κ2) is 25.5. The number of halogens is 2. The third-order valence-corrected chi connectivity index (χ3v) is 3.35. The molecule has 0 saturated heterocycles. The average Bonchev–Trinajstić information content (AvgIpc) is 3.25. The van der Waals surface area contributed by atoms with Crippen molar-refractivity contribution in [1.82, 2.24) is 9.13 Å². The Bertz CT molecular complexity index is 752. The highest BCUT2D eigenvalue weighted by atomic mass is 35.5. The van der Waals surface area contributed by atoms with Crippen LogP contribution in [0.25, 0.3) is 0 Å². The van der Waals surface area contributed by atoms with Gasteiger partial charge in [0.2, 0.25) is 12.7 Å². The number of rotatable bonds is 7. The molecule has 1 atom stereocenters. The minimum Gasteiger partial charge on any atom is -1.00 e. The number of aryl methyl sites for hydroxylation is 4. The standard InChI is InChI=1S/2C8H15N2.CH4.2ClH.2H2O4S/c2*1-3-4-5-10-7-6-9(2)8-10;;;;1-5(2,3)4;1-4-5(2)3/h2*6-8H,3-5H2,1-2H3;1H4;2*1H;(H2,1,2,3,4);1H,(H,2,3)/q2*+1;;;;;/p-3. The van der Waals surface area contributed by atoms with Crippen LogP contribution in [0.1, 0.15) is 47.0 Å². The van der Waals surface area contributed by atoms with Crippen molar-refractivity contribution >= 4 is 34.2 Å². The van der Waals surface area contributed by atoms with E-state index in [-0.39, 0.29) is 32.2 Å². The van der Waals surface area contributed by atoms with Crippen molar-refractivity contribution in [2.45, 2.75) is 60.0 Å². The molecule has 2 aromatic rings. The van der Waals surface area contributed by atoms with Crippen LogP contribution in [0.2, 0.25) is 0 Å². The van der Waals surface area contributed by atoms with Gasteiger partial charge in [-0.05, 0) is 12.8 Å². The molecule has 0 aliphatic heterocycles. The van der Waals surface area contributed by atoms with E-state index in [4.69, 9.17) is 31.5 Å². The van der Waals surface area contributed by atoms with E-state index in [1.54, 1.807) is 0 Å². The molecule has 0 bridgehead atoms. The minimum absolute atomic E-state index is 0. The van der Waals surface area contributed by atoms with E-state index in [9.17, 15) is 0 Å². The Balaban J connectivity index is -0.000000108. The number of hydrogen-bond donors (Lipinski definition) is 2. The second-order valence-corrected chi connectivity index (χ2v) is 7.50. The molecule has 16 heteroatoms. The Labute approximate surface area is 212 Å². The van der Waals surface area contributed by atoms with Gasteiger partial charge in [-0.2, -0.15) is 8.42 Å². The zero-order valence-corrected chi connectivity index (χ0v) is 21.6. The molecular formula is C17H37Cl2N4O8S2-. The average molecular weight is 561 g/mol. The maximum atomic E-state index is 8.83. The van der Waals surface area contributed by atoms with E-state index in [2.05, 4.69) is 73.9 Å². The molecule has 1 unspecified atom stereocenters. The molecule has 0 aliphatic carbocycles. The molecule has 0 saturated carbocycles. The molecule has 0 radical (unpaired) electrons. The van der Waals surface area contributed by atoms with Gasteiger partial charge in [0.05, 0.1) is 38.5 Å². The van der Waals surface area contributed by atoms with Crippen LogP contribution in [0.3, 0.4) is 0 Å². The lowest BCUT2D eigenvalue weighted by Crippen LogP contribution is -3.00. The number of imidazole rings is 2. The Kier molecular flexibility index (Phi) is 32.6. The van der Waals surface area contributed by atoms with Crippen LogP contribution >= 0.6 is 12.4 Å². The summed E-state index contributed by atoms with van der Waals surface area (Å²) in [6.07, 6.45) is 17.6. The van der Waals surface area contributed by atoms with E-state index in [1.165, 1.54) is 25.7 Å². The first-order chi connectivity index (χ1) is 13.9. The molecule has 33 heavy (non-hydrogen) atoms. The van der Waals surface area contributed by atoms with Crippen LogP contribution in [-0.4, -0.2) is 35.4 Å². The van der Waals surface area contributed by atoms with Crippen LogP contribution < -0.4 is 26.8 Å². The molecule has 2 N–H and O–H groups in total. The molecule has 0 amide bonds. The number of aromatic nitrogens is 4. The largest absolute Gasteiger partial charge is 1.00 e. The highest BCUT2D eigenvalue weighted by Gasteiger charge is 1.97.